The van der Waals surface area contributed by atoms with Crippen LogP contribution in [-0.4, -0.2) is 16.8 Å². The van der Waals surface area contributed by atoms with Crippen LogP contribution in [0.15, 0.2) is 36.5 Å². The minimum absolute atomic E-state index is 0.0975. The van der Waals surface area contributed by atoms with Crippen LogP contribution in [0.1, 0.15) is 44.0 Å². The highest BCUT2D eigenvalue weighted by atomic mass is 16.1. The summed E-state index contributed by atoms with van der Waals surface area (Å²) in [5.41, 5.74) is 7.82. The maximum Gasteiger partial charge on any atom is 0.165 e. The fraction of sp³-hybridized carbons (Fsp3) is 0.412. The molecule has 0 radical (unpaired) electrons. The van der Waals surface area contributed by atoms with E-state index < -0.39 is 0 Å². The largest absolute Gasteiger partial charge is 0.327 e. The summed E-state index contributed by atoms with van der Waals surface area (Å²) in [5.74, 6) is 0.0975. The number of Topliss-reactive ketones (excluding diaryl/α,β-unsaturated/α-hetero) is 1. The van der Waals surface area contributed by atoms with Crippen molar-refractivity contribution in [2.45, 2.75) is 39.7 Å². The molecule has 2 rings (SSSR count). The zero-order valence-corrected chi connectivity index (χ0v) is 12.4. The van der Waals surface area contributed by atoms with Gasteiger partial charge in [0, 0.05) is 29.6 Å². The molecule has 0 saturated carbocycles. The van der Waals surface area contributed by atoms with Gasteiger partial charge in [-0.25, -0.2) is 0 Å². The lowest BCUT2D eigenvalue weighted by atomic mass is 9.86. The van der Waals surface area contributed by atoms with E-state index in [9.17, 15) is 4.79 Å². The normalized spacial score (nSPS) is 13.4. The molecule has 2 N–H and O–H groups in total. The summed E-state index contributed by atoms with van der Waals surface area (Å²) in [4.78, 5) is 16.7. The summed E-state index contributed by atoms with van der Waals surface area (Å²) in [5, 5.41) is 0.906. The van der Waals surface area contributed by atoms with Crippen molar-refractivity contribution in [2.75, 3.05) is 0 Å². The Balaban J connectivity index is 2.20. The Bertz CT molecular complexity index is 608. The molecule has 0 aliphatic rings. The van der Waals surface area contributed by atoms with Gasteiger partial charge in [0.2, 0.25) is 0 Å². The van der Waals surface area contributed by atoms with Crippen molar-refractivity contribution in [1.82, 2.24) is 4.98 Å². The third-order valence-electron chi connectivity index (χ3n) is 3.27. The molecule has 3 heteroatoms. The Morgan fingerprint density at radius 1 is 1.25 bits per heavy atom. The van der Waals surface area contributed by atoms with Crippen LogP contribution in [0.3, 0.4) is 0 Å². The molecule has 20 heavy (non-hydrogen) atoms. The number of benzene rings is 1. The van der Waals surface area contributed by atoms with E-state index in [0.29, 0.717) is 6.42 Å². The molecule has 0 bridgehead atoms. The first-order chi connectivity index (χ1) is 9.37. The average molecular weight is 270 g/mol. The van der Waals surface area contributed by atoms with Crippen molar-refractivity contribution < 1.29 is 4.79 Å². The first-order valence-electron chi connectivity index (χ1n) is 6.99. The maximum absolute atomic E-state index is 12.4. The first-order valence-corrected chi connectivity index (χ1v) is 6.99. The number of hydrogen-bond donors (Lipinski definition) is 1. The van der Waals surface area contributed by atoms with Crippen LogP contribution >= 0.6 is 0 Å². The smallest absolute Gasteiger partial charge is 0.165 e. The molecule has 3 nitrogen and oxygen atoms in total. The second-order valence-electron chi connectivity index (χ2n) is 6.53. The molecule has 0 aliphatic carbocycles. The molecule has 1 atom stereocenters. The standard InChI is InChI=1S/C17H22N2O/c1-17(2,3)11-12(18)10-16(20)14-6-4-8-15-13(14)7-5-9-19-15/h4-9,12H,10-11,18H2,1-3H3. The number of fused-ring (bicyclic) bond motifs is 1. The van der Waals surface area contributed by atoms with Crippen LogP contribution < -0.4 is 5.73 Å². The molecule has 0 fully saturated rings. The van der Waals surface area contributed by atoms with E-state index in [1.807, 2.05) is 30.3 Å². The lowest BCUT2D eigenvalue weighted by molar-refractivity contribution is 0.0970. The number of aromatic nitrogens is 1. The highest BCUT2D eigenvalue weighted by Crippen LogP contribution is 2.23. The van der Waals surface area contributed by atoms with Gasteiger partial charge in [0.25, 0.3) is 0 Å². The number of carbonyl (C=O) groups excluding carboxylic acids is 1. The summed E-state index contributed by atoms with van der Waals surface area (Å²) in [7, 11) is 0. The average Bonchev–Trinajstić information content (AvgIpc) is 2.35. The van der Waals surface area contributed by atoms with E-state index in [0.717, 1.165) is 22.9 Å². The van der Waals surface area contributed by atoms with Crippen molar-refractivity contribution in [2.24, 2.45) is 11.1 Å². The number of hydrogen-bond acceptors (Lipinski definition) is 3. The van der Waals surface area contributed by atoms with Gasteiger partial charge in [-0.3, -0.25) is 9.78 Å². The van der Waals surface area contributed by atoms with E-state index in [1.54, 1.807) is 6.20 Å². The van der Waals surface area contributed by atoms with Gasteiger partial charge >= 0.3 is 0 Å². The Labute approximate surface area is 120 Å². The molecule has 0 amide bonds. The molecule has 0 aliphatic heterocycles. The van der Waals surface area contributed by atoms with Gasteiger partial charge < -0.3 is 5.73 Å². The van der Waals surface area contributed by atoms with Gasteiger partial charge in [0.15, 0.2) is 5.78 Å². The first kappa shape index (κ1) is 14.7. The Hall–Kier alpha value is -1.74. The molecular weight excluding hydrogens is 248 g/mol. The van der Waals surface area contributed by atoms with Crippen LogP contribution in [0.5, 0.6) is 0 Å². The van der Waals surface area contributed by atoms with Gasteiger partial charge in [-0.15, -0.1) is 0 Å². The van der Waals surface area contributed by atoms with Gasteiger partial charge in [-0.05, 0) is 24.0 Å². The van der Waals surface area contributed by atoms with Gasteiger partial charge in [-0.1, -0.05) is 39.0 Å². The summed E-state index contributed by atoms with van der Waals surface area (Å²) < 4.78 is 0. The molecule has 1 aromatic carbocycles. The van der Waals surface area contributed by atoms with Crippen molar-refractivity contribution in [3.63, 3.8) is 0 Å². The SMILES string of the molecule is CC(C)(C)CC(N)CC(=O)c1cccc2ncccc12. The minimum atomic E-state index is -0.102. The number of carbonyl (C=O) groups is 1. The third kappa shape index (κ3) is 3.64. The van der Waals surface area contributed by atoms with Gasteiger partial charge in [0.1, 0.15) is 0 Å². The second kappa shape index (κ2) is 5.71. The van der Waals surface area contributed by atoms with Crippen LogP contribution in [-0.2, 0) is 0 Å². The van der Waals surface area contributed by atoms with E-state index in [1.165, 1.54) is 0 Å². The zero-order chi connectivity index (χ0) is 14.8. The van der Waals surface area contributed by atoms with E-state index in [-0.39, 0.29) is 17.2 Å². The van der Waals surface area contributed by atoms with Crippen LogP contribution in [0.2, 0.25) is 0 Å². The minimum Gasteiger partial charge on any atom is -0.327 e. The molecular formula is C17H22N2O. The Morgan fingerprint density at radius 3 is 2.70 bits per heavy atom. The summed E-state index contributed by atoms with van der Waals surface area (Å²) >= 11 is 0. The molecule has 1 heterocycles. The van der Waals surface area contributed by atoms with Crippen LogP contribution in [0, 0.1) is 5.41 Å². The number of ketones is 1. The monoisotopic (exact) mass is 270 g/mol. The Kier molecular flexibility index (Phi) is 4.19. The highest BCUT2D eigenvalue weighted by molar-refractivity contribution is 6.07. The molecule has 0 spiro atoms. The molecule has 1 unspecified atom stereocenters. The van der Waals surface area contributed by atoms with Crippen molar-refractivity contribution in [3.8, 4) is 0 Å². The zero-order valence-electron chi connectivity index (χ0n) is 12.4. The predicted octanol–water partition coefficient (Wildman–Crippen LogP) is 3.57. The van der Waals surface area contributed by atoms with Gasteiger partial charge in [0.05, 0.1) is 5.52 Å². The van der Waals surface area contributed by atoms with Gasteiger partial charge in [-0.2, -0.15) is 0 Å². The lowest BCUT2D eigenvalue weighted by Crippen LogP contribution is -2.29. The summed E-state index contributed by atoms with van der Waals surface area (Å²) in [6, 6.07) is 9.34. The number of nitrogens with zero attached hydrogens (tertiary/aromatic N) is 1. The molecule has 1 aromatic heterocycles. The predicted molar refractivity (Wildman–Crippen MR) is 82.7 cm³/mol. The Morgan fingerprint density at radius 2 is 2.00 bits per heavy atom. The van der Waals surface area contributed by atoms with Crippen molar-refractivity contribution >= 4 is 16.7 Å². The molecule has 2 aromatic rings. The van der Waals surface area contributed by atoms with E-state index in [2.05, 4.69) is 25.8 Å². The fourth-order valence-corrected chi connectivity index (χ4v) is 2.55. The molecule has 106 valence electrons. The molecule has 0 saturated heterocycles. The van der Waals surface area contributed by atoms with Crippen molar-refractivity contribution in [3.05, 3.63) is 42.1 Å². The summed E-state index contributed by atoms with van der Waals surface area (Å²) in [6.45, 7) is 6.41. The third-order valence-corrected chi connectivity index (χ3v) is 3.27. The van der Waals surface area contributed by atoms with E-state index >= 15 is 0 Å². The van der Waals surface area contributed by atoms with Crippen molar-refractivity contribution in [1.29, 1.82) is 0 Å². The fourth-order valence-electron chi connectivity index (χ4n) is 2.55. The summed E-state index contributed by atoms with van der Waals surface area (Å²) in [6.07, 6.45) is 2.95. The number of rotatable bonds is 4. The number of nitrogens with two attached hydrogens (primary N) is 1. The lowest BCUT2D eigenvalue weighted by Gasteiger charge is -2.22. The van der Waals surface area contributed by atoms with Crippen LogP contribution in [0.25, 0.3) is 10.9 Å². The quantitative estimate of drug-likeness (QED) is 0.864. The van der Waals surface area contributed by atoms with E-state index in [4.69, 9.17) is 5.73 Å². The highest BCUT2D eigenvalue weighted by Gasteiger charge is 2.19. The number of pyridine rings is 1. The second-order valence-corrected chi connectivity index (χ2v) is 6.53. The maximum atomic E-state index is 12.4. The van der Waals surface area contributed by atoms with Crippen LogP contribution in [0.4, 0.5) is 0 Å². The topological polar surface area (TPSA) is 56.0 Å².